The fourth-order valence-corrected chi connectivity index (χ4v) is 3.81. The van der Waals surface area contributed by atoms with E-state index in [9.17, 15) is 0 Å². The summed E-state index contributed by atoms with van der Waals surface area (Å²) in [6.07, 6.45) is 6.52. The van der Waals surface area contributed by atoms with Crippen molar-refractivity contribution >= 4 is 23.2 Å². The topological polar surface area (TPSA) is 43.2 Å². The van der Waals surface area contributed by atoms with E-state index in [0.717, 1.165) is 68.3 Å². The Bertz CT molecular complexity index is 923. The fourth-order valence-electron chi connectivity index (χ4n) is 3.51. The second-order valence-electron chi connectivity index (χ2n) is 6.81. The number of hydrogen-bond donors (Lipinski definition) is 0. The number of imidazole rings is 1. The van der Waals surface area contributed by atoms with Gasteiger partial charge in [0.05, 0.1) is 41.0 Å². The molecule has 0 radical (unpaired) electrons. The number of ether oxygens (including phenoxy) is 1. The van der Waals surface area contributed by atoms with Crippen LogP contribution in [0.5, 0.6) is 0 Å². The van der Waals surface area contributed by atoms with Crippen molar-refractivity contribution in [1.29, 1.82) is 0 Å². The van der Waals surface area contributed by atoms with Crippen molar-refractivity contribution in [2.45, 2.75) is 13.0 Å². The van der Waals surface area contributed by atoms with Gasteiger partial charge in [0.25, 0.3) is 0 Å². The summed E-state index contributed by atoms with van der Waals surface area (Å²) in [5.41, 5.74) is 4.01. The number of pyridine rings is 1. The molecule has 5 nitrogen and oxygen atoms in total. The highest BCUT2D eigenvalue weighted by molar-refractivity contribution is 6.42. The fraction of sp³-hybridized carbons (Fsp3) is 0.333. The van der Waals surface area contributed by atoms with Gasteiger partial charge < -0.3 is 9.30 Å². The van der Waals surface area contributed by atoms with E-state index in [4.69, 9.17) is 32.9 Å². The first-order valence-corrected chi connectivity index (χ1v) is 10.2. The lowest BCUT2D eigenvalue weighted by Crippen LogP contribution is -2.37. The molecule has 1 aromatic carbocycles. The summed E-state index contributed by atoms with van der Waals surface area (Å²) in [5, 5.41) is 1.09. The average Bonchev–Trinajstić information content (AvgIpc) is 3.15. The van der Waals surface area contributed by atoms with Crippen LogP contribution in [0.25, 0.3) is 22.5 Å². The lowest BCUT2D eigenvalue weighted by molar-refractivity contribution is 0.0369. The Kier molecular flexibility index (Phi) is 6.27. The Balaban J connectivity index is 1.62. The zero-order chi connectivity index (χ0) is 19.3. The molecule has 0 N–H and O–H groups in total. The van der Waals surface area contributed by atoms with Gasteiger partial charge in [-0.2, -0.15) is 0 Å². The summed E-state index contributed by atoms with van der Waals surface area (Å²) < 4.78 is 7.63. The number of rotatable bonds is 6. The van der Waals surface area contributed by atoms with Crippen LogP contribution in [-0.2, 0) is 11.3 Å². The molecule has 7 heteroatoms. The van der Waals surface area contributed by atoms with E-state index in [-0.39, 0.29) is 0 Å². The smallest absolute Gasteiger partial charge is 0.0964 e. The maximum absolute atomic E-state index is 6.30. The number of aromatic nitrogens is 3. The molecular weight excluding hydrogens is 395 g/mol. The van der Waals surface area contributed by atoms with Gasteiger partial charge in [-0.05, 0) is 30.7 Å². The molecule has 4 rings (SSSR count). The third-order valence-electron chi connectivity index (χ3n) is 4.96. The Labute approximate surface area is 174 Å². The summed E-state index contributed by atoms with van der Waals surface area (Å²) >= 11 is 12.4. The largest absolute Gasteiger partial charge is 0.379 e. The molecule has 1 fully saturated rings. The van der Waals surface area contributed by atoms with Crippen molar-refractivity contribution in [1.82, 2.24) is 19.4 Å². The van der Waals surface area contributed by atoms with Crippen LogP contribution in [0, 0.1) is 0 Å². The van der Waals surface area contributed by atoms with Gasteiger partial charge in [0, 0.05) is 49.7 Å². The molecule has 0 saturated carbocycles. The molecule has 146 valence electrons. The van der Waals surface area contributed by atoms with Crippen LogP contribution >= 0.6 is 23.2 Å². The van der Waals surface area contributed by atoms with E-state index in [1.54, 1.807) is 12.4 Å². The first kappa shape index (κ1) is 19.4. The number of nitrogens with zero attached hydrogens (tertiary/aromatic N) is 4. The zero-order valence-electron chi connectivity index (χ0n) is 15.5. The van der Waals surface area contributed by atoms with Crippen molar-refractivity contribution < 1.29 is 4.74 Å². The SMILES string of the molecule is Clc1ccc(-c2c(-c3ccncc3)ncn2CCCN2CCOCC2)cc1Cl. The van der Waals surface area contributed by atoms with E-state index in [0.29, 0.717) is 10.0 Å². The summed E-state index contributed by atoms with van der Waals surface area (Å²) in [4.78, 5) is 11.3. The van der Waals surface area contributed by atoms with Gasteiger partial charge >= 0.3 is 0 Å². The molecule has 3 aromatic rings. The minimum atomic E-state index is 0.543. The molecule has 1 aliphatic heterocycles. The number of hydrogen-bond acceptors (Lipinski definition) is 4. The Morgan fingerprint density at radius 3 is 2.46 bits per heavy atom. The first-order chi connectivity index (χ1) is 13.7. The molecule has 0 unspecified atom stereocenters. The van der Waals surface area contributed by atoms with E-state index in [1.807, 2.05) is 36.7 Å². The third kappa shape index (κ3) is 4.39. The average molecular weight is 417 g/mol. The van der Waals surface area contributed by atoms with Gasteiger partial charge in [-0.25, -0.2) is 4.98 Å². The summed E-state index contributed by atoms with van der Waals surface area (Å²) in [6.45, 7) is 5.59. The van der Waals surface area contributed by atoms with E-state index >= 15 is 0 Å². The van der Waals surface area contributed by atoms with Gasteiger partial charge in [0.1, 0.15) is 0 Å². The number of morpholine rings is 1. The maximum Gasteiger partial charge on any atom is 0.0964 e. The summed E-state index contributed by atoms with van der Waals surface area (Å²) in [7, 11) is 0. The highest BCUT2D eigenvalue weighted by atomic mass is 35.5. The van der Waals surface area contributed by atoms with Crippen LogP contribution in [0.1, 0.15) is 6.42 Å². The van der Waals surface area contributed by atoms with Crippen molar-refractivity contribution in [3.63, 3.8) is 0 Å². The lowest BCUT2D eigenvalue weighted by atomic mass is 10.1. The Morgan fingerprint density at radius 1 is 0.929 bits per heavy atom. The second kappa shape index (κ2) is 9.05. The van der Waals surface area contributed by atoms with Gasteiger partial charge in [-0.1, -0.05) is 29.3 Å². The quantitative estimate of drug-likeness (QED) is 0.586. The maximum atomic E-state index is 6.30. The second-order valence-corrected chi connectivity index (χ2v) is 7.62. The van der Waals surface area contributed by atoms with Gasteiger partial charge in [-0.3, -0.25) is 9.88 Å². The van der Waals surface area contributed by atoms with Crippen molar-refractivity contribution in [3.8, 4) is 22.5 Å². The monoisotopic (exact) mass is 416 g/mol. The van der Waals surface area contributed by atoms with Crippen molar-refractivity contribution in [2.24, 2.45) is 0 Å². The molecule has 3 heterocycles. The molecule has 1 aliphatic rings. The molecular formula is C21H22Cl2N4O. The summed E-state index contributed by atoms with van der Waals surface area (Å²) in [6, 6.07) is 9.68. The normalized spacial score (nSPS) is 15.1. The van der Waals surface area contributed by atoms with Crippen LogP contribution in [0.15, 0.2) is 49.1 Å². The number of benzene rings is 1. The molecule has 2 aromatic heterocycles. The van der Waals surface area contributed by atoms with Crippen LogP contribution in [0.3, 0.4) is 0 Å². The van der Waals surface area contributed by atoms with Crippen LogP contribution < -0.4 is 0 Å². The van der Waals surface area contributed by atoms with Crippen LogP contribution in [0.4, 0.5) is 0 Å². The zero-order valence-corrected chi connectivity index (χ0v) is 17.0. The lowest BCUT2D eigenvalue weighted by Gasteiger charge is -2.26. The minimum Gasteiger partial charge on any atom is -0.379 e. The van der Waals surface area contributed by atoms with E-state index in [1.165, 1.54) is 0 Å². The van der Waals surface area contributed by atoms with Crippen molar-refractivity contribution in [2.75, 3.05) is 32.8 Å². The Hall–Kier alpha value is -1.92. The Morgan fingerprint density at radius 2 is 1.71 bits per heavy atom. The predicted octanol–water partition coefficient (Wildman–Crippen LogP) is 4.64. The van der Waals surface area contributed by atoms with Gasteiger partial charge in [-0.15, -0.1) is 0 Å². The molecule has 0 atom stereocenters. The number of halogens is 2. The molecule has 0 amide bonds. The standard InChI is InChI=1S/C21H22Cl2N4O/c22-18-3-2-17(14-19(18)23)21-20(16-4-6-24-7-5-16)25-15-27(21)9-1-8-26-10-12-28-13-11-26/h2-7,14-15H,1,8-13H2. The minimum absolute atomic E-state index is 0.543. The molecule has 0 aliphatic carbocycles. The van der Waals surface area contributed by atoms with E-state index in [2.05, 4.69) is 14.5 Å². The van der Waals surface area contributed by atoms with Crippen molar-refractivity contribution in [3.05, 3.63) is 59.1 Å². The first-order valence-electron chi connectivity index (χ1n) is 9.43. The predicted molar refractivity (Wildman–Crippen MR) is 113 cm³/mol. The van der Waals surface area contributed by atoms with Gasteiger partial charge in [0.2, 0.25) is 0 Å². The van der Waals surface area contributed by atoms with Gasteiger partial charge in [0.15, 0.2) is 0 Å². The third-order valence-corrected chi connectivity index (χ3v) is 5.70. The summed E-state index contributed by atoms with van der Waals surface area (Å²) in [5.74, 6) is 0. The number of aryl methyl sites for hydroxylation is 1. The van der Waals surface area contributed by atoms with E-state index < -0.39 is 0 Å². The highest BCUT2D eigenvalue weighted by Crippen LogP contribution is 2.34. The van der Waals surface area contributed by atoms with Crippen LogP contribution in [-0.4, -0.2) is 52.3 Å². The highest BCUT2D eigenvalue weighted by Gasteiger charge is 2.17. The molecule has 1 saturated heterocycles. The molecule has 0 bridgehead atoms. The van der Waals surface area contributed by atoms with Crippen LogP contribution in [0.2, 0.25) is 10.0 Å². The molecule has 28 heavy (non-hydrogen) atoms. The molecule has 0 spiro atoms.